The van der Waals surface area contributed by atoms with Gasteiger partial charge in [0.05, 0.1) is 11.9 Å². The summed E-state index contributed by atoms with van der Waals surface area (Å²) in [6.45, 7) is 5.78. The van der Waals surface area contributed by atoms with E-state index in [1.807, 2.05) is 0 Å². The molecule has 30 heavy (non-hydrogen) atoms. The first kappa shape index (κ1) is 23.8. The zero-order chi connectivity index (χ0) is 22.1. The van der Waals surface area contributed by atoms with Crippen LogP contribution in [0.25, 0.3) is 0 Å². The first-order valence-electron chi connectivity index (χ1n) is 10.4. The van der Waals surface area contributed by atoms with E-state index in [2.05, 4.69) is 17.2 Å². The predicted molar refractivity (Wildman–Crippen MR) is 104 cm³/mol. The van der Waals surface area contributed by atoms with Gasteiger partial charge in [0.1, 0.15) is 12.7 Å². The lowest BCUT2D eigenvalue weighted by Crippen LogP contribution is -2.40. The van der Waals surface area contributed by atoms with Crippen molar-refractivity contribution in [3.8, 4) is 0 Å². The maximum absolute atomic E-state index is 11.7. The highest BCUT2D eigenvalue weighted by Crippen LogP contribution is 2.34. The van der Waals surface area contributed by atoms with Crippen molar-refractivity contribution in [3.63, 3.8) is 0 Å². The van der Waals surface area contributed by atoms with Gasteiger partial charge in [-0.2, -0.15) is 0 Å². The maximum Gasteiger partial charge on any atom is 0.303 e. The molecule has 0 spiro atoms. The largest absolute Gasteiger partial charge is 0.463 e. The quantitative estimate of drug-likeness (QED) is 0.298. The van der Waals surface area contributed by atoms with E-state index in [1.165, 1.54) is 44.7 Å². The number of carbonyl (C=O) groups is 3. The molecule has 0 radical (unpaired) electrons. The fourth-order valence-electron chi connectivity index (χ4n) is 3.37. The molecule has 1 aliphatic heterocycles. The number of hydrogen-bond donors (Lipinski definition) is 0. The molecule has 0 aliphatic carbocycles. The smallest absolute Gasteiger partial charge is 0.303 e. The monoisotopic (exact) mass is 425 g/mol. The predicted octanol–water partition coefficient (Wildman–Crippen LogP) is 2.11. The zero-order valence-corrected chi connectivity index (χ0v) is 18.0. The second-order valence-electron chi connectivity index (χ2n) is 7.37. The summed E-state index contributed by atoms with van der Waals surface area (Å²) in [7, 11) is 0. The standard InChI is InChI=1S/C20H31N3O7/c1-5-6-7-8-9-10-16-11-23(22-21-16)20-19(29-15(4)26)18(28-14(3)25)17(30-20)12-27-13(2)24/h11,17-20H,5-10,12H2,1-4H3/t17-,18-,19-,20-/m1/s1. The van der Waals surface area contributed by atoms with Crippen LogP contribution in [0.1, 0.15) is 71.7 Å². The number of rotatable bonds is 11. The van der Waals surface area contributed by atoms with Gasteiger partial charge in [0, 0.05) is 20.8 Å². The van der Waals surface area contributed by atoms with Crippen LogP contribution in [0.2, 0.25) is 0 Å². The fourth-order valence-corrected chi connectivity index (χ4v) is 3.37. The van der Waals surface area contributed by atoms with Gasteiger partial charge in [-0.25, -0.2) is 4.68 Å². The molecule has 10 nitrogen and oxygen atoms in total. The van der Waals surface area contributed by atoms with Gasteiger partial charge in [-0.3, -0.25) is 14.4 Å². The van der Waals surface area contributed by atoms with Crippen molar-refractivity contribution < 1.29 is 33.3 Å². The van der Waals surface area contributed by atoms with Gasteiger partial charge in [-0.15, -0.1) is 5.10 Å². The molecule has 2 heterocycles. The highest BCUT2D eigenvalue weighted by Gasteiger charge is 2.51. The topological polar surface area (TPSA) is 119 Å². The summed E-state index contributed by atoms with van der Waals surface area (Å²) < 4.78 is 23.1. The van der Waals surface area contributed by atoms with E-state index in [0.29, 0.717) is 0 Å². The normalized spacial score (nSPS) is 23.2. The second kappa shape index (κ2) is 11.6. The molecule has 0 amide bonds. The third kappa shape index (κ3) is 7.08. The number of aryl methyl sites for hydroxylation is 1. The molecule has 0 N–H and O–H groups in total. The van der Waals surface area contributed by atoms with Crippen LogP contribution in [0.4, 0.5) is 0 Å². The van der Waals surface area contributed by atoms with Crippen molar-refractivity contribution in [1.82, 2.24) is 15.0 Å². The van der Waals surface area contributed by atoms with Gasteiger partial charge in [0.15, 0.2) is 18.4 Å². The van der Waals surface area contributed by atoms with Crippen LogP contribution in [0.15, 0.2) is 6.20 Å². The fraction of sp³-hybridized carbons (Fsp3) is 0.750. The number of aromatic nitrogens is 3. The van der Waals surface area contributed by atoms with Gasteiger partial charge in [0.25, 0.3) is 0 Å². The Labute approximate surface area is 176 Å². The zero-order valence-electron chi connectivity index (χ0n) is 18.0. The van der Waals surface area contributed by atoms with Gasteiger partial charge >= 0.3 is 17.9 Å². The molecule has 1 saturated heterocycles. The van der Waals surface area contributed by atoms with Crippen molar-refractivity contribution in [2.75, 3.05) is 6.61 Å². The van der Waals surface area contributed by atoms with Crippen molar-refractivity contribution in [3.05, 3.63) is 11.9 Å². The summed E-state index contributed by atoms with van der Waals surface area (Å²) in [6.07, 6.45) is 4.65. The molecule has 1 aromatic rings. The Bertz CT molecular complexity index is 721. The average molecular weight is 425 g/mol. The lowest BCUT2D eigenvalue weighted by Gasteiger charge is -2.23. The van der Waals surface area contributed by atoms with Crippen molar-refractivity contribution in [2.45, 2.75) is 90.8 Å². The molecule has 1 fully saturated rings. The van der Waals surface area contributed by atoms with E-state index in [1.54, 1.807) is 6.20 Å². The molecule has 0 aromatic carbocycles. The number of unbranched alkanes of at least 4 members (excludes halogenated alkanes) is 4. The lowest BCUT2D eigenvalue weighted by molar-refractivity contribution is -0.166. The highest BCUT2D eigenvalue weighted by molar-refractivity contribution is 5.67. The SMILES string of the molecule is CCCCCCCc1cn([C@@H]2O[C@H](COC(C)=O)[C@@H](OC(C)=O)[C@H]2OC(C)=O)nn1. The Morgan fingerprint density at radius 1 is 1.00 bits per heavy atom. The molecule has 168 valence electrons. The van der Waals surface area contributed by atoms with Crippen LogP contribution < -0.4 is 0 Å². The maximum atomic E-state index is 11.7. The minimum Gasteiger partial charge on any atom is -0.463 e. The Morgan fingerprint density at radius 3 is 2.30 bits per heavy atom. The Balaban J connectivity index is 2.13. The highest BCUT2D eigenvalue weighted by atomic mass is 16.7. The van der Waals surface area contributed by atoms with E-state index >= 15 is 0 Å². The molecule has 1 aliphatic rings. The van der Waals surface area contributed by atoms with Gasteiger partial charge in [-0.1, -0.05) is 37.8 Å². The summed E-state index contributed by atoms with van der Waals surface area (Å²) in [5.74, 6) is -1.63. The molecule has 1 aromatic heterocycles. The number of nitrogens with zero attached hydrogens (tertiary/aromatic N) is 3. The summed E-state index contributed by atoms with van der Waals surface area (Å²) >= 11 is 0. The first-order chi connectivity index (χ1) is 14.3. The van der Waals surface area contributed by atoms with E-state index in [9.17, 15) is 14.4 Å². The molecular weight excluding hydrogens is 394 g/mol. The van der Waals surface area contributed by atoms with Crippen molar-refractivity contribution in [2.24, 2.45) is 0 Å². The summed E-state index contributed by atoms with van der Waals surface area (Å²) in [4.78, 5) is 34.5. The third-order valence-corrected chi connectivity index (χ3v) is 4.70. The average Bonchev–Trinajstić information content (AvgIpc) is 3.25. The summed E-state index contributed by atoms with van der Waals surface area (Å²) in [6, 6.07) is 0. The number of hydrogen-bond acceptors (Lipinski definition) is 9. The molecular formula is C20H31N3O7. The molecule has 0 saturated carbocycles. The first-order valence-corrected chi connectivity index (χ1v) is 10.4. The Morgan fingerprint density at radius 2 is 1.67 bits per heavy atom. The molecule has 0 unspecified atom stereocenters. The van der Waals surface area contributed by atoms with E-state index in [0.717, 1.165) is 25.0 Å². The van der Waals surface area contributed by atoms with Gasteiger partial charge < -0.3 is 18.9 Å². The van der Waals surface area contributed by atoms with E-state index < -0.39 is 42.4 Å². The molecule has 4 atom stereocenters. The minimum atomic E-state index is -0.953. The van der Waals surface area contributed by atoms with E-state index in [4.69, 9.17) is 18.9 Å². The number of ether oxygens (including phenoxy) is 4. The van der Waals surface area contributed by atoms with Crippen molar-refractivity contribution >= 4 is 17.9 Å². The second-order valence-corrected chi connectivity index (χ2v) is 7.37. The lowest BCUT2D eigenvalue weighted by atomic mass is 10.1. The minimum absolute atomic E-state index is 0.152. The molecule has 10 heteroatoms. The van der Waals surface area contributed by atoms with Crippen LogP contribution in [-0.4, -0.2) is 57.8 Å². The van der Waals surface area contributed by atoms with Crippen LogP contribution in [0.5, 0.6) is 0 Å². The molecule has 0 bridgehead atoms. The van der Waals surface area contributed by atoms with Crippen molar-refractivity contribution in [1.29, 1.82) is 0 Å². The van der Waals surface area contributed by atoms with Crippen LogP contribution in [0.3, 0.4) is 0 Å². The summed E-state index contributed by atoms with van der Waals surface area (Å²) in [5, 5.41) is 8.29. The van der Waals surface area contributed by atoms with Gasteiger partial charge in [0.2, 0.25) is 0 Å². The Kier molecular flexibility index (Phi) is 9.22. The van der Waals surface area contributed by atoms with Crippen LogP contribution in [-0.2, 0) is 39.8 Å². The number of carbonyl (C=O) groups excluding carboxylic acids is 3. The van der Waals surface area contributed by atoms with Gasteiger partial charge in [-0.05, 0) is 12.8 Å². The third-order valence-electron chi connectivity index (χ3n) is 4.70. The Hall–Kier alpha value is -2.49. The van der Waals surface area contributed by atoms with Crippen LogP contribution in [0, 0.1) is 0 Å². The van der Waals surface area contributed by atoms with E-state index in [-0.39, 0.29) is 6.61 Å². The molecule has 2 rings (SSSR count). The summed E-state index contributed by atoms with van der Waals surface area (Å²) in [5.41, 5.74) is 0.796. The van der Waals surface area contributed by atoms with Crippen LogP contribution >= 0.6 is 0 Å². The number of esters is 3.